The van der Waals surface area contributed by atoms with E-state index >= 15 is 0 Å². The molecule has 0 heterocycles. The van der Waals surface area contributed by atoms with Gasteiger partial charge >= 0.3 is 6.18 Å². The fourth-order valence-corrected chi connectivity index (χ4v) is 1.28. The van der Waals surface area contributed by atoms with E-state index in [9.17, 15) is 18.0 Å². The van der Waals surface area contributed by atoms with Crippen LogP contribution in [0.3, 0.4) is 0 Å². The summed E-state index contributed by atoms with van der Waals surface area (Å²) in [5.41, 5.74) is 3.83. The van der Waals surface area contributed by atoms with E-state index in [4.69, 9.17) is 5.73 Å². The average molecular weight is 232 g/mol. The number of halogens is 3. The number of carbonyl (C=O) groups is 1. The number of primary amides is 1. The maximum absolute atomic E-state index is 12.6. The zero-order valence-corrected chi connectivity index (χ0v) is 8.56. The van der Waals surface area contributed by atoms with Gasteiger partial charge in [-0.1, -0.05) is 0 Å². The molecule has 88 valence electrons. The first-order valence-corrected chi connectivity index (χ1v) is 4.61. The molecule has 1 aromatic carbocycles. The molecule has 3 N–H and O–H groups in total. The molecule has 0 aliphatic heterocycles. The highest BCUT2D eigenvalue weighted by Crippen LogP contribution is 2.35. The fourth-order valence-electron chi connectivity index (χ4n) is 1.28. The van der Waals surface area contributed by atoms with Crippen LogP contribution in [0, 0.1) is 0 Å². The molecule has 0 atom stereocenters. The van der Waals surface area contributed by atoms with Gasteiger partial charge in [0.15, 0.2) is 0 Å². The molecule has 0 aliphatic carbocycles. The van der Waals surface area contributed by atoms with Gasteiger partial charge in [0.05, 0.1) is 5.56 Å². The molecule has 1 aromatic rings. The van der Waals surface area contributed by atoms with Gasteiger partial charge in [-0.25, -0.2) is 0 Å². The van der Waals surface area contributed by atoms with Crippen molar-refractivity contribution < 1.29 is 18.0 Å². The fraction of sp³-hybridized carbons (Fsp3) is 0.300. The number of carbonyl (C=O) groups excluding carboxylic acids is 1. The van der Waals surface area contributed by atoms with E-state index in [1.54, 1.807) is 6.92 Å². The van der Waals surface area contributed by atoms with Gasteiger partial charge in [0, 0.05) is 17.8 Å². The predicted molar refractivity (Wildman–Crippen MR) is 54.1 cm³/mol. The first kappa shape index (κ1) is 12.4. The van der Waals surface area contributed by atoms with Crippen LogP contribution >= 0.6 is 0 Å². The van der Waals surface area contributed by atoms with Crippen LogP contribution in [0.1, 0.15) is 22.8 Å². The van der Waals surface area contributed by atoms with E-state index < -0.39 is 17.6 Å². The van der Waals surface area contributed by atoms with Gasteiger partial charge in [0.2, 0.25) is 5.91 Å². The minimum absolute atomic E-state index is 0.0556. The summed E-state index contributed by atoms with van der Waals surface area (Å²) in [7, 11) is 0. The molecule has 0 aliphatic rings. The summed E-state index contributed by atoms with van der Waals surface area (Å²) in [4.78, 5) is 10.8. The highest BCUT2D eigenvalue weighted by atomic mass is 19.4. The molecule has 3 nitrogen and oxygen atoms in total. The van der Waals surface area contributed by atoms with E-state index in [1.165, 1.54) is 12.1 Å². The molecule has 0 aromatic heterocycles. The first-order valence-electron chi connectivity index (χ1n) is 4.61. The number of hydrogen-bond donors (Lipinski definition) is 2. The molecule has 0 saturated carbocycles. The predicted octanol–water partition coefficient (Wildman–Crippen LogP) is 2.24. The van der Waals surface area contributed by atoms with Crippen LogP contribution in [0.25, 0.3) is 0 Å². The van der Waals surface area contributed by atoms with Crippen LogP contribution in [0.15, 0.2) is 18.2 Å². The van der Waals surface area contributed by atoms with Gasteiger partial charge in [0.1, 0.15) is 0 Å². The number of nitrogens with two attached hydrogens (primary N) is 1. The number of nitrogens with one attached hydrogen (secondary N) is 1. The Morgan fingerprint density at radius 1 is 1.44 bits per heavy atom. The number of benzene rings is 1. The second kappa shape index (κ2) is 4.42. The van der Waals surface area contributed by atoms with E-state index in [0.717, 1.165) is 6.07 Å². The van der Waals surface area contributed by atoms with Crippen molar-refractivity contribution in [3.8, 4) is 0 Å². The molecule has 16 heavy (non-hydrogen) atoms. The summed E-state index contributed by atoms with van der Waals surface area (Å²) in [6.07, 6.45) is -4.51. The maximum atomic E-state index is 12.6. The Morgan fingerprint density at radius 3 is 2.50 bits per heavy atom. The summed E-state index contributed by atoms with van der Waals surface area (Å²) in [5.74, 6) is -0.881. The Balaban J connectivity index is 3.27. The highest BCUT2D eigenvalue weighted by Gasteiger charge is 2.34. The Labute approximate surface area is 90.4 Å². The summed E-state index contributed by atoms with van der Waals surface area (Å²) >= 11 is 0. The van der Waals surface area contributed by atoms with E-state index in [1.807, 2.05) is 0 Å². The van der Waals surface area contributed by atoms with Crippen molar-refractivity contribution in [2.75, 3.05) is 11.9 Å². The normalized spacial score (nSPS) is 11.2. The minimum Gasteiger partial charge on any atom is -0.385 e. The van der Waals surface area contributed by atoms with Gasteiger partial charge in [-0.2, -0.15) is 13.2 Å². The smallest absolute Gasteiger partial charge is 0.385 e. The third-order valence-corrected chi connectivity index (χ3v) is 1.98. The van der Waals surface area contributed by atoms with Crippen LogP contribution in [-0.2, 0) is 6.18 Å². The molecule has 1 rings (SSSR count). The molecule has 0 saturated heterocycles. The van der Waals surface area contributed by atoms with Gasteiger partial charge in [-0.3, -0.25) is 4.79 Å². The van der Waals surface area contributed by atoms with Gasteiger partial charge in [-0.05, 0) is 25.1 Å². The summed E-state index contributed by atoms with van der Waals surface area (Å²) in [6.45, 7) is 2.04. The summed E-state index contributed by atoms with van der Waals surface area (Å²) in [6, 6.07) is 3.21. The molecule has 1 amide bonds. The Kier molecular flexibility index (Phi) is 3.41. The van der Waals surface area contributed by atoms with Crippen LogP contribution in [0.4, 0.5) is 18.9 Å². The van der Waals surface area contributed by atoms with Crippen molar-refractivity contribution in [3.63, 3.8) is 0 Å². The van der Waals surface area contributed by atoms with Gasteiger partial charge < -0.3 is 11.1 Å². The lowest BCUT2D eigenvalue weighted by molar-refractivity contribution is -0.137. The number of rotatable bonds is 3. The second-order valence-corrected chi connectivity index (χ2v) is 3.15. The van der Waals surface area contributed by atoms with Crippen LogP contribution < -0.4 is 11.1 Å². The highest BCUT2D eigenvalue weighted by molar-refractivity contribution is 5.93. The first-order chi connectivity index (χ1) is 7.36. The molecule has 0 spiro atoms. The quantitative estimate of drug-likeness (QED) is 0.839. The topological polar surface area (TPSA) is 55.1 Å². The lowest BCUT2D eigenvalue weighted by Gasteiger charge is -2.14. The summed E-state index contributed by atoms with van der Waals surface area (Å²) in [5, 5.41) is 2.58. The standard InChI is InChI=1S/C10H11F3N2O/c1-2-15-8-4-3-6(9(14)16)5-7(8)10(11,12)13/h3-5,15H,2H2,1H3,(H2,14,16). The molecule has 0 fully saturated rings. The molecule has 0 bridgehead atoms. The van der Waals surface area contributed by atoms with Crippen molar-refractivity contribution in [1.29, 1.82) is 0 Å². The Bertz CT molecular complexity index is 402. The monoisotopic (exact) mass is 232 g/mol. The number of anilines is 1. The van der Waals surface area contributed by atoms with Crippen molar-refractivity contribution in [3.05, 3.63) is 29.3 Å². The summed E-state index contributed by atoms with van der Waals surface area (Å²) < 4.78 is 37.9. The number of hydrogen-bond acceptors (Lipinski definition) is 2. The van der Waals surface area contributed by atoms with Crippen LogP contribution in [-0.4, -0.2) is 12.5 Å². The Morgan fingerprint density at radius 2 is 2.06 bits per heavy atom. The van der Waals surface area contributed by atoms with Crippen molar-refractivity contribution in [1.82, 2.24) is 0 Å². The molecule has 0 radical (unpaired) electrons. The van der Waals surface area contributed by atoms with Crippen LogP contribution in [0.5, 0.6) is 0 Å². The van der Waals surface area contributed by atoms with Crippen molar-refractivity contribution in [2.45, 2.75) is 13.1 Å². The SMILES string of the molecule is CCNc1ccc(C(N)=O)cc1C(F)(F)F. The molecular weight excluding hydrogens is 221 g/mol. The third kappa shape index (κ3) is 2.65. The molecule has 6 heteroatoms. The zero-order valence-electron chi connectivity index (χ0n) is 8.56. The molecular formula is C10H11F3N2O. The number of alkyl halides is 3. The van der Waals surface area contributed by atoms with Gasteiger partial charge in [-0.15, -0.1) is 0 Å². The maximum Gasteiger partial charge on any atom is 0.418 e. The van der Waals surface area contributed by atoms with Crippen molar-refractivity contribution in [2.24, 2.45) is 5.73 Å². The average Bonchev–Trinajstić information content (AvgIpc) is 2.16. The zero-order chi connectivity index (χ0) is 12.3. The number of amides is 1. The molecule has 0 unspecified atom stereocenters. The minimum atomic E-state index is -4.51. The third-order valence-electron chi connectivity index (χ3n) is 1.98. The lowest BCUT2D eigenvalue weighted by atomic mass is 10.1. The van der Waals surface area contributed by atoms with Crippen LogP contribution in [0.2, 0.25) is 0 Å². The van der Waals surface area contributed by atoms with Crippen molar-refractivity contribution >= 4 is 11.6 Å². The largest absolute Gasteiger partial charge is 0.418 e. The van der Waals surface area contributed by atoms with E-state index in [0.29, 0.717) is 6.54 Å². The Hall–Kier alpha value is -1.72. The van der Waals surface area contributed by atoms with E-state index in [-0.39, 0.29) is 11.3 Å². The second-order valence-electron chi connectivity index (χ2n) is 3.15. The lowest BCUT2D eigenvalue weighted by Crippen LogP contribution is -2.15. The van der Waals surface area contributed by atoms with Gasteiger partial charge in [0.25, 0.3) is 0 Å². The van der Waals surface area contributed by atoms with E-state index in [2.05, 4.69) is 5.32 Å².